The van der Waals surface area contributed by atoms with Crippen LogP contribution in [0, 0.1) is 29.0 Å². The second-order valence-electron chi connectivity index (χ2n) is 8.83. The van der Waals surface area contributed by atoms with Gasteiger partial charge in [-0.25, -0.2) is 14.4 Å². The van der Waals surface area contributed by atoms with Gasteiger partial charge in [0.05, 0.1) is 71.5 Å². The highest BCUT2D eigenvalue weighted by atomic mass is 19.1. The number of ether oxygens (including phenoxy) is 1. The average Bonchev–Trinajstić information content (AvgIpc) is 3.55. The van der Waals surface area contributed by atoms with E-state index in [9.17, 15) is 14.4 Å². The number of nitriles is 1. The minimum atomic E-state index is -0.540. The minimum Gasteiger partial charge on any atom is -0.381 e. The van der Waals surface area contributed by atoms with Gasteiger partial charge in [0, 0.05) is 24.9 Å². The van der Waals surface area contributed by atoms with Crippen LogP contribution in [-0.2, 0) is 11.3 Å². The molecule has 0 saturated carbocycles. The standard InChI is InChI=1S/C25H21FN6O2/c26-18-3-1-2-14(7-27)23(18)19-6-20(24-21(31-19)9-29-25(24)33)30-17-4-5-22(28-8-17)32-10-15-12-34-13-16(15)11-32/h1-6,8,15-16H,9-13H2,(H,29,33)(H,30,31)/t15-,16+. The Hall–Kier alpha value is -4.03. The van der Waals surface area contributed by atoms with Crippen molar-refractivity contribution < 1.29 is 13.9 Å². The van der Waals surface area contributed by atoms with Crippen LogP contribution in [0.15, 0.2) is 42.6 Å². The Balaban J connectivity index is 1.32. The molecule has 2 atom stereocenters. The van der Waals surface area contributed by atoms with Gasteiger partial charge in [0.15, 0.2) is 0 Å². The van der Waals surface area contributed by atoms with Crippen LogP contribution in [0.5, 0.6) is 0 Å². The fourth-order valence-corrected chi connectivity index (χ4v) is 5.01. The number of hydrogen-bond acceptors (Lipinski definition) is 7. The number of carbonyl (C=O) groups excluding carboxylic acids is 1. The van der Waals surface area contributed by atoms with Gasteiger partial charge >= 0.3 is 0 Å². The summed E-state index contributed by atoms with van der Waals surface area (Å²) < 4.78 is 20.2. The highest BCUT2D eigenvalue weighted by Crippen LogP contribution is 2.35. The van der Waals surface area contributed by atoms with Gasteiger partial charge in [-0.05, 0) is 30.3 Å². The maximum atomic E-state index is 14.7. The molecule has 34 heavy (non-hydrogen) atoms. The number of fused-ring (bicyclic) bond motifs is 2. The van der Waals surface area contributed by atoms with E-state index in [0.717, 1.165) is 32.1 Å². The number of rotatable bonds is 4. The monoisotopic (exact) mass is 456 g/mol. The quantitative estimate of drug-likeness (QED) is 0.621. The number of nitrogens with zero attached hydrogens (tertiary/aromatic N) is 4. The molecule has 0 spiro atoms. The van der Waals surface area contributed by atoms with Crippen molar-refractivity contribution in [3.05, 3.63) is 65.2 Å². The van der Waals surface area contributed by atoms with Crippen molar-refractivity contribution in [3.8, 4) is 17.3 Å². The van der Waals surface area contributed by atoms with E-state index < -0.39 is 5.82 Å². The predicted molar refractivity (Wildman–Crippen MR) is 123 cm³/mol. The molecule has 1 amide bonds. The van der Waals surface area contributed by atoms with E-state index in [4.69, 9.17) is 4.74 Å². The summed E-state index contributed by atoms with van der Waals surface area (Å²) in [4.78, 5) is 23.9. The van der Waals surface area contributed by atoms with Crippen molar-refractivity contribution >= 4 is 23.1 Å². The van der Waals surface area contributed by atoms with Gasteiger partial charge < -0.3 is 20.3 Å². The molecule has 8 nitrogen and oxygen atoms in total. The number of pyridine rings is 2. The molecule has 3 aliphatic rings. The molecule has 0 radical (unpaired) electrons. The van der Waals surface area contributed by atoms with Crippen LogP contribution in [-0.4, -0.2) is 42.2 Å². The SMILES string of the molecule is N#Cc1cccc(F)c1-c1cc(Nc2ccc(N3C[C@H]4COC[C@H]4C3)nc2)c2c(n1)CNC2=O. The first kappa shape index (κ1) is 20.6. The Morgan fingerprint density at radius 2 is 2.00 bits per heavy atom. The van der Waals surface area contributed by atoms with Gasteiger partial charge in [-0.1, -0.05) is 6.07 Å². The zero-order valence-corrected chi connectivity index (χ0v) is 18.2. The van der Waals surface area contributed by atoms with Crippen molar-refractivity contribution in [1.29, 1.82) is 5.26 Å². The molecule has 1 aromatic carbocycles. The van der Waals surface area contributed by atoms with Gasteiger partial charge in [0.25, 0.3) is 5.91 Å². The van der Waals surface area contributed by atoms with E-state index in [1.54, 1.807) is 18.3 Å². The van der Waals surface area contributed by atoms with Crippen LogP contribution in [0.4, 0.5) is 21.6 Å². The molecule has 0 aliphatic carbocycles. The van der Waals surface area contributed by atoms with Crippen LogP contribution < -0.4 is 15.5 Å². The molecule has 3 aliphatic heterocycles. The van der Waals surface area contributed by atoms with Crippen LogP contribution in [0.2, 0.25) is 0 Å². The van der Waals surface area contributed by atoms with Gasteiger partial charge in [0.1, 0.15) is 11.6 Å². The highest BCUT2D eigenvalue weighted by Gasteiger charge is 2.37. The summed E-state index contributed by atoms with van der Waals surface area (Å²) in [6.07, 6.45) is 1.73. The van der Waals surface area contributed by atoms with E-state index in [1.165, 1.54) is 12.1 Å². The predicted octanol–water partition coefficient (Wildman–Crippen LogP) is 3.22. The maximum Gasteiger partial charge on any atom is 0.255 e. The molecule has 2 aromatic heterocycles. The highest BCUT2D eigenvalue weighted by molar-refractivity contribution is 6.04. The molecule has 5 heterocycles. The third-order valence-electron chi connectivity index (χ3n) is 6.72. The molecule has 2 fully saturated rings. The maximum absolute atomic E-state index is 14.7. The first-order valence-corrected chi connectivity index (χ1v) is 11.2. The number of aromatic nitrogens is 2. The molecular weight excluding hydrogens is 435 g/mol. The average molecular weight is 456 g/mol. The van der Waals surface area contributed by atoms with Gasteiger partial charge in [0.2, 0.25) is 0 Å². The van der Waals surface area contributed by atoms with E-state index in [-0.39, 0.29) is 23.6 Å². The number of carbonyl (C=O) groups is 1. The molecular formula is C25H21FN6O2. The number of nitrogens with one attached hydrogen (secondary N) is 2. The smallest absolute Gasteiger partial charge is 0.255 e. The molecule has 9 heteroatoms. The zero-order valence-electron chi connectivity index (χ0n) is 18.2. The van der Waals surface area contributed by atoms with Crippen LogP contribution >= 0.6 is 0 Å². The number of benzene rings is 1. The lowest BCUT2D eigenvalue weighted by molar-refractivity contribution is 0.0966. The first-order chi connectivity index (χ1) is 16.6. The van der Waals surface area contributed by atoms with Crippen molar-refractivity contribution in [2.24, 2.45) is 11.8 Å². The van der Waals surface area contributed by atoms with Crippen molar-refractivity contribution in [1.82, 2.24) is 15.3 Å². The minimum absolute atomic E-state index is 0.118. The summed E-state index contributed by atoms with van der Waals surface area (Å²) >= 11 is 0. The molecule has 2 N–H and O–H groups in total. The molecule has 170 valence electrons. The van der Waals surface area contributed by atoms with Crippen molar-refractivity contribution in [2.45, 2.75) is 6.54 Å². The topological polar surface area (TPSA) is 103 Å². The number of hydrogen-bond donors (Lipinski definition) is 2. The summed E-state index contributed by atoms with van der Waals surface area (Å²) in [6.45, 7) is 3.75. The Labute approximate surface area is 195 Å². The largest absolute Gasteiger partial charge is 0.381 e. The number of halogens is 1. The normalized spacial score (nSPS) is 20.6. The second-order valence-corrected chi connectivity index (χ2v) is 8.83. The summed E-state index contributed by atoms with van der Waals surface area (Å²) in [5.74, 6) is 1.24. The second kappa shape index (κ2) is 8.08. The molecule has 6 rings (SSSR count). The van der Waals surface area contributed by atoms with E-state index >= 15 is 0 Å². The lowest BCUT2D eigenvalue weighted by Crippen LogP contribution is -2.23. The van der Waals surface area contributed by atoms with Gasteiger partial charge in [-0.2, -0.15) is 5.26 Å². The van der Waals surface area contributed by atoms with Crippen LogP contribution in [0.1, 0.15) is 21.6 Å². The third-order valence-corrected chi connectivity index (χ3v) is 6.72. The Kier molecular flexibility index (Phi) is 4.89. The Bertz CT molecular complexity index is 1320. The van der Waals surface area contributed by atoms with E-state index in [0.29, 0.717) is 40.2 Å². The molecule has 2 saturated heterocycles. The fourth-order valence-electron chi connectivity index (χ4n) is 5.01. The van der Waals surface area contributed by atoms with Gasteiger partial charge in [-0.15, -0.1) is 0 Å². The summed E-state index contributed by atoms with van der Waals surface area (Å²) in [7, 11) is 0. The first-order valence-electron chi connectivity index (χ1n) is 11.2. The van der Waals surface area contributed by atoms with Crippen molar-refractivity contribution in [3.63, 3.8) is 0 Å². The molecule has 0 unspecified atom stereocenters. The number of amides is 1. The lowest BCUT2D eigenvalue weighted by atomic mass is 10.0. The summed E-state index contributed by atoms with van der Waals surface area (Å²) in [5, 5.41) is 15.5. The molecule has 3 aromatic rings. The Morgan fingerprint density at radius 3 is 2.74 bits per heavy atom. The summed E-state index contributed by atoms with van der Waals surface area (Å²) in [5.41, 5.74) is 2.70. The lowest BCUT2D eigenvalue weighted by Gasteiger charge is -2.19. The number of anilines is 3. The van der Waals surface area contributed by atoms with E-state index in [2.05, 4.69) is 25.5 Å². The molecule has 0 bridgehead atoms. The zero-order chi connectivity index (χ0) is 23.2. The van der Waals surface area contributed by atoms with Crippen molar-refractivity contribution in [2.75, 3.05) is 36.5 Å². The van der Waals surface area contributed by atoms with Gasteiger partial charge in [-0.3, -0.25) is 4.79 Å². The third kappa shape index (κ3) is 3.43. The van der Waals surface area contributed by atoms with Crippen LogP contribution in [0.25, 0.3) is 11.3 Å². The van der Waals surface area contributed by atoms with Crippen LogP contribution in [0.3, 0.4) is 0 Å². The Morgan fingerprint density at radius 1 is 1.18 bits per heavy atom. The summed E-state index contributed by atoms with van der Waals surface area (Å²) in [6, 6.07) is 11.8. The fraction of sp³-hybridized carbons (Fsp3) is 0.280. The van der Waals surface area contributed by atoms with E-state index in [1.807, 2.05) is 18.2 Å².